The molecule has 4 heteroatoms. The van der Waals surface area contributed by atoms with Gasteiger partial charge in [0.25, 0.3) is 0 Å². The Bertz CT molecular complexity index is 2070. The predicted molar refractivity (Wildman–Crippen MR) is 200 cm³/mol. The predicted octanol–water partition coefficient (Wildman–Crippen LogP) is 11.6. The van der Waals surface area contributed by atoms with Crippen molar-refractivity contribution in [1.29, 1.82) is 5.26 Å². The Morgan fingerprint density at radius 3 is 1.53 bits per heavy atom. The summed E-state index contributed by atoms with van der Waals surface area (Å²) in [6.45, 7) is 7.27. The van der Waals surface area contributed by atoms with Crippen LogP contribution < -0.4 is 0 Å². The molecule has 0 radical (unpaired) electrons. The molecule has 1 heterocycles. The van der Waals surface area contributed by atoms with Crippen molar-refractivity contribution < 1.29 is 0 Å². The van der Waals surface area contributed by atoms with Crippen LogP contribution in [0.25, 0.3) is 56.4 Å². The molecule has 0 bridgehead atoms. The maximum Gasteiger partial charge on any atom is 0.164 e. The first-order valence-electron chi connectivity index (χ1n) is 17.6. The van der Waals surface area contributed by atoms with Gasteiger partial charge < -0.3 is 0 Å². The van der Waals surface area contributed by atoms with Gasteiger partial charge in [-0.3, -0.25) is 0 Å². The van der Waals surface area contributed by atoms with Crippen molar-refractivity contribution in [3.63, 3.8) is 0 Å². The second-order valence-corrected chi connectivity index (χ2v) is 13.9. The van der Waals surface area contributed by atoms with E-state index in [4.69, 9.17) is 15.0 Å². The summed E-state index contributed by atoms with van der Waals surface area (Å²) in [6.07, 6.45) is 6.30. The van der Waals surface area contributed by atoms with Gasteiger partial charge in [0.05, 0.1) is 11.6 Å². The Labute approximate surface area is 290 Å². The zero-order valence-corrected chi connectivity index (χ0v) is 28.6. The molecule has 6 aromatic rings. The largest absolute Gasteiger partial charge is 0.208 e. The third kappa shape index (κ3) is 6.80. The van der Waals surface area contributed by atoms with Gasteiger partial charge in [-0.05, 0) is 94.7 Å². The molecular weight excluding hydrogens is 597 g/mol. The third-order valence-corrected chi connectivity index (χ3v) is 10.4. The second kappa shape index (κ2) is 14.0. The number of hydrogen-bond donors (Lipinski definition) is 0. The van der Waals surface area contributed by atoms with Gasteiger partial charge >= 0.3 is 0 Å². The van der Waals surface area contributed by atoms with E-state index in [2.05, 4.69) is 99.6 Å². The maximum absolute atomic E-state index is 9.31. The van der Waals surface area contributed by atoms with E-state index in [9.17, 15) is 5.26 Å². The van der Waals surface area contributed by atoms with Crippen LogP contribution >= 0.6 is 0 Å². The Hall–Kier alpha value is -5.40. The summed E-state index contributed by atoms with van der Waals surface area (Å²) >= 11 is 0. The SMILES string of the molecule is CCC1(c2ccc(-c3ccc(-c4nc(-c5ccccc5)nc(-c5ccc(C#N)cc5)n4)cc3)c(-c3ccccc3)c2)C[C@H](C)CC[C@H](C)C1. The molecule has 0 amide bonds. The van der Waals surface area contributed by atoms with Crippen LogP contribution in [0.2, 0.25) is 0 Å². The van der Waals surface area contributed by atoms with Gasteiger partial charge in [-0.1, -0.05) is 131 Å². The van der Waals surface area contributed by atoms with E-state index in [1.807, 2.05) is 42.5 Å². The fraction of sp³-hybridized carbons (Fsp3) is 0.244. The van der Waals surface area contributed by atoms with Gasteiger partial charge in [0.1, 0.15) is 0 Å². The Kier molecular flexibility index (Phi) is 9.18. The summed E-state index contributed by atoms with van der Waals surface area (Å²) in [5.41, 5.74) is 9.85. The summed E-state index contributed by atoms with van der Waals surface area (Å²) in [7, 11) is 0. The molecule has 1 aromatic heterocycles. The Balaban J connectivity index is 1.30. The monoisotopic (exact) mass is 638 g/mol. The van der Waals surface area contributed by atoms with Gasteiger partial charge in [-0.2, -0.15) is 5.26 Å². The van der Waals surface area contributed by atoms with E-state index in [0.717, 1.165) is 40.5 Å². The first-order valence-corrected chi connectivity index (χ1v) is 17.6. The molecule has 1 fully saturated rings. The minimum Gasteiger partial charge on any atom is -0.208 e. The van der Waals surface area contributed by atoms with E-state index in [1.54, 1.807) is 12.1 Å². The van der Waals surface area contributed by atoms with E-state index in [0.29, 0.717) is 23.0 Å². The van der Waals surface area contributed by atoms with Crippen LogP contribution in [0, 0.1) is 23.2 Å². The summed E-state index contributed by atoms with van der Waals surface area (Å²) in [6, 6.07) is 46.3. The highest BCUT2D eigenvalue weighted by atomic mass is 15.0. The molecule has 7 rings (SSSR count). The molecule has 49 heavy (non-hydrogen) atoms. The van der Waals surface area contributed by atoms with Crippen LogP contribution in [0.4, 0.5) is 0 Å². The normalized spacial score (nSPS) is 19.1. The van der Waals surface area contributed by atoms with Crippen LogP contribution in [-0.2, 0) is 5.41 Å². The molecule has 1 aliphatic rings. The van der Waals surface area contributed by atoms with E-state index in [1.165, 1.54) is 47.9 Å². The zero-order chi connectivity index (χ0) is 33.8. The zero-order valence-electron chi connectivity index (χ0n) is 28.6. The highest BCUT2D eigenvalue weighted by Crippen LogP contribution is 2.47. The van der Waals surface area contributed by atoms with Gasteiger partial charge in [0.15, 0.2) is 17.5 Å². The number of nitrogens with zero attached hydrogens (tertiary/aromatic N) is 4. The van der Waals surface area contributed by atoms with Crippen molar-refractivity contribution in [3.8, 4) is 62.5 Å². The van der Waals surface area contributed by atoms with Crippen molar-refractivity contribution in [1.82, 2.24) is 15.0 Å². The van der Waals surface area contributed by atoms with Crippen LogP contribution in [0.1, 0.15) is 64.0 Å². The van der Waals surface area contributed by atoms with Crippen LogP contribution in [0.5, 0.6) is 0 Å². The van der Waals surface area contributed by atoms with E-state index >= 15 is 0 Å². The fourth-order valence-corrected chi connectivity index (χ4v) is 7.74. The molecule has 0 aliphatic heterocycles. The van der Waals surface area contributed by atoms with Crippen molar-refractivity contribution in [2.45, 2.75) is 58.3 Å². The lowest BCUT2D eigenvalue weighted by molar-refractivity contribution is 0.295. The van der Waals surface area contributed by atoms with Crippen molar-refractivity contribution in [2.75, 3.05) is 0 Å². The molecule has 5 aromatic carbocycles. The van der Waals surface area contributed by atoms with Crippen molar-refractivity contribution in [3.05, 3.63) is 139 Å². The molecule has 0 N–H and O–H groups in total. The second-order valence-electron chi connectivity index (χ2n) is 13.9. The summed E-state index contributed by atoms with van der Waals surface area (Å²) in [5.74, 6) is 3.26. The summed E-state index contributed by atoms with van der Waals surface area (Å²) < 4.78 is 0. The van der Waals surface area contributed by atoms with Gasteiger partial charge in [0.2, 0.25) is 0 Å². The molecule has 1 unspecified atom stereocenters. The molecular formula is C45H42N4. The summed E-state index contributed by atoms with van der Waals surface area (Å²) in [5, 5.41) is 9.31. The number of rotatable bonds is 7. The average molecular weight is 639 g/mol. The Morgan fingerprint density at radius 1 is 0.571 bits per heavy atom. The highest BCUT2D eigenvalue weighted by Gasteiger charge is 2.36. The van der Waals surface area contributed by atoms with E-state index in [-0.39, 0.29) is 5.41 Å². The standard InChI is InChI=1S/C45H42N4/c1-4-45(28-31(2)15-16-32(3)29-45)39-25-26-40(41(27-39)34-11-7-5-8-12-34)35-21-23-38(24-22-35)44-48-42(36-13-9-6-10-14-36)47-43(49-44)37-19-17-33(30-46)18-20-37/h5-14,17-27,31-32H,4,15-16,28-29H2,1-3H3/t31-,32+,45?. The summed E-state index contributed by atoms with van der Waals surface area (Å²) in [4.78, 5) is 14.7. The number of hydrogen-bond acceptors (Lipinski definition) is 4. The first kappa shape index (κ1) is 32.2. The molecule has 0 spiro atoms. The molecule has 242 valence electrons. The molecule has 0 saturated heterocycles. The van der Waals surface area contributed by atoms with E-state index < -0.39 is 0 Å². The molecule has 1 aliphatic carbocycles. The molecule has 4 nitrogen and oxygen atoms in total. The quantitative estimate of drug-likeness (QED) is 0.163. The Morgan fingerprint density at radius 2 is 1.02 bits per heavy atom. The topological polar surface area (TPSA) is 62.5 Å². The lowest BCUT2D eigenvalue weighted by atomic mass is 9.68. The number of nitriles is 1. The van der Waals surface area contributed by atoms with Crippen molar-refractivity contribution in [2.24, 2.45) is 11.8 Å². The molecule has 3 atom stereocenters. The number of aromatic nitrogens is 3. The minimum atomic E-state index is 0.197. The smallest absolute Gasteiger partial charge is 0.164 e. The van der Waals surface area contributed by atoms with Crippen LogP contribution in [-0.4, -0.2) is 15.0 Å². The average Bonchev–Trinajstić information content (AvgIpc) is 3.32. The lowest BCUT2D eigenvalue weighted by Gasteiger charge is -2.36. The highest BCUT2D eigenvalue weighted by molar-refractivity contribution is 5.85. The minimum absolute atomic E-state index is 0.197. The van der Waals surface area contributed by atoms with Gasteiger partial charge in [0, 0.05) is 16.7 Å². The van der Waals surface area contributed by atoms with Crippen LogP contribution in [0.3, 0.4) is 0 Å². The lowest BCUT2D eigenvalue weighted by Crippen LogP contribution is -2.28. The third-order valence-electron chi connectivity index (χ3n) is 10.4. The number of benzene rings is 5. The van der Waals surface area contributed by atoms with Crippen LogP contribution in [0.15, 0.2) is 127 Å². The van der Waals surface area contributed by atoms with Gasteiger partial charge in [-0.15, -0.1) is 0 Å². The van der Waals surface area contributed by atoms with Gasteiger partial charge in [-0.25, -0.2) is 15.0 Å². The maximum atomic E-state index is 9.31. The first-order chi connectivity index (χ1) is 23.9. The molecule has 1 saturated carbocycles. The van der Waals surface area contributed by atoms with Crippen molar-refractivity contribution >= 4 is 0 Å². The fourth-order valence-electron chi connectivity index (χ4n) is 7.74.